The number of aromatic nitrogens is 2. The van der Waals surface area contributed by atoms with E-state index in [0.717, 1.165) is 21.3 Å². The Morgan fingerprint density at radius 3 is 2.71 bits per heavy atom. The highest BCUT2D eigenvalue weighted by atomic mass is 79.9. The highest BCUT2D eigenvalue weighted by Crippen LogP contribution is 2.23. The van der Waals surface area contributed by atoms with Gasteiger partial charge in [-0.05, 0) is 23.8 Å². The Bertz CT molecular complexity index is 1070. The minimum atomic E-state index is -0.421. The van der Waals surface area contributed by atoms with E-state index in [1.807, 2.05) is 24.3 Å². The fraction of sp³-hybridized carbons (Fsp3) is 0.0588. The lowest BCUT2D eigenvalue weighted by Crippen LogP contribution is -2.40. The molecule has 4 rings (SSSR count). The molecule has 0 saturated heterocycles. The van der Waals surface area contributed by atoms with E-state index in [4.69, 9.17) is 0 Å². The number of non-ortho nitro benzene ring substituents is 1. The summed E-state index contributed by atoms with van der Waals surface area (Å²) in [6.45, 7) is 0.444. The number of hydrogen-bond acceptors (Lipinski definition) is 8. The fourth-order valence-electron chi connectivity index (χ4n) is 2.77. The Hall–Kier alpha value is -2.89. The number of hydrazone groups is 1. The molecule has 0 unspecified atom stereocenters. The topological polar surface area (TPSA) is 101 Å². The van der Waals surface area contributed by atoms with Crippen LogP contribution in [0.5, 0.6) is 0 Å². The first-order valence-electron chi connectivity index (χ1n) is 8.15. The molecule has 0 aliphatic carbocycles. The summed E-state index contributed by atoms with van der Waals surface area (Å²) in [5.41, 5.74) is 8.22. The third-order valence-electron chi connectivity index (χ3n) is 4.13. The Morgan fingerprint density at radius 1 is 1.21 bits per heavy atom. The molecule has 1 aromatic heterocycles. The van der Waals surface area contributed by atoms with Gasteiger partial charge in [0.2, 0.25) is 0 Å². The van der Waals surface area contributed by atoms with Crippen LogP contribution >= 0.6 is 28.6 Å². The number of nitrogens with one attached hydrogen (secondary N) is 2. The van der Waals surface area contributed by atoms with E-state index >= 15 is 0 Å². The lowest BCUT2D eigenvalue weighted by atomic mass is 10.2. The molecule has 1 aliphatic heterocycles. The van der Waals surface area contributed by atoms with E-state index in [9.17, 15) is 10.1 Å². The first-order chi connectivity index (χ1) is 13.5. The summed E-state index contributed by atoms with van der Waals surface area (Å²) in [7, 11) is 0. The summed E-state index contributed by atoms with van der Waals surface area (Å²) in [5.74, 6) is 0.615. The first kappa shape index (κ1) is 18.5. The first-order valence-corrected chi connectivity index (χ1v) is 9.39. The number of thiol groups is 1. The van der Waals surface area contributed by atoms with Crippen LogP contribution < -0.4 is 11.1 Å². The number of nitro benzene ring substituents is 1. The molecule has 28 heavy (non-hydrogen) atoms. The van der Waals surface area contributed by atoms with Gasteiger partial charge in [0.1, 0.15) is 5.03 Å². The molecular formula is C17H14BrN7O2S. The monoisotopic (exact) mass is 459 g/mol. The van der Waals surface area contributed by atoms with Crippen molar-refractivity contribution >= 4 is 40.1 Å². The summed E-state index contributed by atoms with van der Waals surface area (Å²) in [4.78, 5) is 10.4. The van der Waals surface area contributed by atoms with Crippen LogP contribution in [0.15, 0.2) is 69.3 Å². The van der Waals surface area contributed by atoms with Gasteiger partial charge in [-0.1, -0.05) is 34.1 Å². The van der Waals surface area contributed by atoms with Crippen LogP contribution in [0.3, 0.4) is 0 Å². The predicted molar refractivity (Wildman–Crippen MR) is 110 cm³/mol. The second-order valence-electron chi connectivity index (χ2n) is 5.94. The van der Waals surface area contributed by atoms with E-state index < -0.39 is 4.92 Å². The average Bonchev–Trinajstić information content (AvgIpc) is 3.28. The Balaban J connectivity index is 1.58. The summed E-state index contributed by atoms with van der Waals surface area (Å²) in [6, 6.07) is 14.1. The molecule has 2 N–H and O–H groups in total. The number of rotatable bonds is 5. The minimum Gasteiger partial charge on any atom is -0.266 e. The van der Waals surface area contributed by atoms with Gasteiger partial charge in [-0.15, -0.1) is 23.3 Å². The molecule has 0 saturated carbocycles. The van der Waals surface area contributed by atoms with Crippen molar-refractivity contribution in [3.8, 4) is 5.69 Å². The normalized spacial score (nSPS) is 13.4. The van der Waals surface area contributed by atoms with Gasteiger partial charge < -0.3 is 0 Å². The second kappa shape index (κ2) is 7.62. The van der Waals surface area contributed by atoms with Crippen LogP contribution in [-0.4, -0.2) is 25.5 Å². The number of hydrazine groups is 2. The standard InChI is InChI=1S/C17H14BrN7O2S/c18-12-2-1-3-14(8-12)24-17(28)15(9-19-24)16-20-21-22-23(16)10-11-4-6-13(7-5-11)25(26)27/h1-9,21-22,28H,10H2. The van der Waals surface area contributed by atoms with E-state index in [2.05, 4.69) is 49.8 Å². The second-order valence-corrected chi connectivity index (χ2v) is 7.28. The number of nitro groups is 1. The quantitative estimate of drug-likeness (QED) is 0.308. The molecule has 0 spiro atoms. The van der Waals surface area contributed by atoms with Crippen LogP contribution in [0.4, 0.5) is 5.69 Å². The molecule has 0 amide bonds. The number of amidine groups is 1. The third-order valence-corrected chi connectivity index (χ3v) is 5.05. The molecule has 1 aliphatic rings. The number of hydrogen-bond donors (Lipinski definition) is 3. The van der Waals surface area contributed by atoms with Crippen molar-refractivity contribution in [1.29, 1.82) is 0 Å². The van der Waals surface area contributed by atoms with Gasteiger partial charge in [-0.25, -0.2) is 10.2 Å². The van der Waals surface area contributed by atoms with Crippen LogP contribution in [0, 0.1) is 10.1 Å². The molecule has 11 heteroatoms. The van der Waals surface area contributed by atoms with Crippen molar-refractivity contribution in [1.82, 2.24) is 25.9 Å². The maximum atomic E-state index is 10.8. The van der Waals surface area contributed by atoms with Gasteiger partial charge in [0.15, 0.2) is 5.84 Å². The Kier molecular flexibility index (Phi) is 5.03. The molecule has 0 fully saturated rings. The Labute approximate surface area is 173 Å². The molecule has 9 nitrogen and oxygen atoms in total. The fourth-order valence-corrected chi connectivity index (χ4v) is 3.49. The summed E-state index contributed by atoms with van der Waals surface area (Å²) in [5, 5.41) is 21.9. The highest BCUT2D eigenvalue weighted by molar-refractivity contribution is 9.10. The van der Waals surface area contributed by atoms with Gasteiger partial charge in [0.25, 0.3) is 5.69 Å². The van der Waals surface area contributed by atoms with Crippen LogP contribution in [0.25, 0.3) is 5.69 Å². The maximum Gasteiger partial charge on any atom is 0.269 e. The molecule has 2 aromatic carbocycles. The Morgan fingerprint density at radius 2 is 2.00 bits per heavy atom. The molecular weight excluding hydrogens is 446 g/mol. The number of halogens is 1. The van der Waals surface area contributed by atoms with Crippen molar-refractivity contribution in [2.75, 3.05) is 0 Å². The van der Waals surface area contributed by atoms with Crippen LogP contribution in [0.2, 0.25) is 0 Å². The van der Waals surface area contributed by atoms with Crippen molar-refractivity contribution < 1.29 is 4.92 Å². The predicted octanol–water partition coefficient (Wildman–Crippen LogP) is 3.02. The van der Waals surface area contributed by atoms with E-state index in [1.54, 1.807) is 28.0 Å². The van der Waals surface area contributed by atoms with Gasteiger partial charge in [0, 0.05) is 16.6 Å². The summed E-state index contributed by atoms with van der Waals surface area (Å²) < 4.78 is 2.66. The third kappa shape index (κ3) is 3.59. The average molecular weight is 460 g/mol. The largest absolute Gasteiger partial charge is 0.269 e. The SMILES string of the molecule is O=[N+]([O-])c1ccc(CN2NNN=C2c2cnn(-c3cccc(Br)c3)c2S)cc1. The van der Waals surface area contributed by atoms with Gasteiger partial charge in [-0.3, -0.25) is 15.1 Å². The maximum absolute atomic E-state index is 10.8. The van der Waals surface area contributed by atoms with Crippen LogP contribution in [0.1, 0.15) is 11.1 Å². The molecule has 0 atom stereocenters. The zero-order valence-corrected chi connectivity index (χ0v) is 16.8. The number of nitrogens with zero attached hydrogens (tertiary/aromatic N) is 5. The van der Waals surface area contributed by atoms with E-state index in [-0.39, 0.29) is 5.69 Å². The molecule has 2 heterocycles. The van der Waals surface area contributed by atoms with Crippen LogP contribution in [-0.2, 0) is 6.54 Å². The molecule has 0 bridgehead atoms. The van der Waals surface area contributed by atoms with Gasteiger partial charge >= 0.3 is 0 Å². The molecule has 0 radical (unpaired) electrons. The van der Waals surface area contributed by atoms with Crippen molar-refractivity contribution in [2.45, 2.75) is 11.6 Å². The highest BCUT2D eigenvalue weighted by Gasteiger charge is 2.24. The lowest BCUT2D eigenvalue weighted by Gasteiger charge is -2.18. The smallest absolute Gasteiger partial charge is 0.266 e. The summed E-state index contributed by atoms with van der Waals surface area (Å²) >= 11 is 8.09. The molecule has 3 aromatic rings. The van der Waals surface area contributed by atoms with Gasteiger partial charge in [0.05, 0.1) is 28.9 Å². The van der Waals surface area contributed by atoms with E-state index in [1.165, 1.54) is 12.1 Å². The minimum absolute atomic E-state index is 0.0538. The zero-order chi connectivity index (χ0) is 19.7. The summed E-state index contributed by atoms with van der Waals surface area (Å²) in [6.07, 6.45) is 1.69. The van der Waals surface area contributed by atoms with Crippen molar-refractivity contribution in [3.63, 3.8) is 0 Å². The van der Waals surface area contributed by atoms with E-state index in [0.29, 0.717) is 17.4 Å². The lowest BCUT2D eigenvalue weighted by molar-refractivity contribution is -0.384. The van der Waals surface area contributed by atoms with Gasteiger partial charge in [-0.2, -0.15) is 5.10 Å². The van der Waals surface area contributed by atoms with Crippen molar-refractivity contribution in [2.24, 2.45) is 5.10 Å². The molecule has 142 valence electrons. The zero-order valence-electron chi connectivity index (χ0n) is 14.3. The van der Waals surface area contributed by atoms with Crippen molar-refractivity contribution in [3.05, 3.63) is 80.4 Å². The number of benzene rings is 2.